The molecule has 1 rings (SSSR count). The van der Waals surface area contributed by atoms with E-state index in [0.29, 0.717) is 0 Å². The molecule has 0 saturated carbocycles. The highest BCUT2D eigenvalue weighted by Gasteiger charge is 2.12. The van der Waals surface area contributed by atoms with E-state index >= 15 is 0 Å². The second-order valence-corrected chi connectivity index (χ2v) is 5.42. The molecule has 1 heteroatoms. The van der Waals surface area contributed by atoms with Crippen LogP contribution in [0.3, 0.4) is 0 Å². The molecule has 0 saturated heterocycles. The Balaban J connectivity index is 2.47. The predicted molar refractivity (Wildman–Crippen MR) is 80.0 cm³/mol. The lowest BCUT2D eigenvalue weighted by atomic mass is 9.88. The molecule has 0 aliphatic rings. The van der Waals surface area contributed by atoms with Crippen molar-refractivity contribution in [2.75, 3.05) is 0 Å². The summed E-state index contributed by atoms with van der Waals surface area (Å²) < 4.78 is 0. The molecule has 0 aliphatic heterocycles. The third-order valence-corrected chi connectivity index (χ3v) is 3.81. The van der Waals surface area contributed by atoms with Crippen LogP contribution in [0.25, 0.3) is 0 Å². The maximum atomic E-state index is 4.31. The quantitative estimate of drug-likeness (QED) is 0.515. The van der Waals surface area contributed by atoms with Crippen molar-refractivity contribution < 1.29 is 0 Å². The van der Waals surface area contributed by atoms with Gasteiger partial charge in [-0.3, -0.25) is 4.98 Å². The minimum absolute atomic E-state index is 0.727. The van der Waals surface area contributed by atoms with Crippen LogP contribution in [0.4, 0.5) is 0 Å². The minimum atomic E-state index is 0.727. The molecule has 1 unspecified atom stereocenters. The van der Waals surface area contributed by atoms with Gasteiger partial charge in [0.2, 0.25) is 0 Å². The standard InChI is InChI=1S/C17H29N/c1-4-6-7-8-9-11-16(10-5-2)17-14-18-13-12-15(17)3/h12-14,16H,4-11H2,1-3H3. The summed E-state index contributed by atoms with van der Waals surface area (Å²) in [4.78, 5) is 4.31. The first-order valence-electron chi connectivity index (χ1n) is 7.70. The van der Waals surface area contributed by atoms with Crippen LogP contribution in [0.1, 0.15) is 82.3 Å². The van der Waals surface area contributed by atoms with Gasteiger partial charge in [0.05, 0.1) is 0 Å². The summed E-state index contributed by atoms with van der Waals surface area (Å²) in [5.74, 6) is 0.727. The fourth-order valence-electron chi connectivity index (χ4n) is 2.70. The summed E-state index contributed by atoms with van der Waals surface area (Å²) in [6.45, 7) is 6.78. The van der Waals surface area contributed by atoms with Gasteiger partial charge in [0.25, 0.3) is 0 Å². The third kappa shape index (κ3) is 5.20. The van der Waals surface area contributed by atoms with Gasteiger partial charge >= 0.3 is 0 Å². The topological polar surface area (TPSA) is 12.9 Å². The van der Waals surface area contributed by atoms with Crippen molar-refractivity contribution in [3.05, 3.63) is 29.6 Å². The number of unbranched alkanes of at least 4 members (excludes halogenated alkanes) is 4. The molecular formula is C17H29N. The van der Waals surface area contributed by atoms with Crippen LogP contribution in [0.15, 0.2) is 18.5 Å². The van der Waals surface area contributed by atoms with E-state index in [2.05, 4.69) is 38.0 Å². The zero-order valence-corrected chi connectivity index (χ0v) is 12.4. The summed E-state index contributed by atoms with van der Waals surface area (Å²) in [5.41, 5.74) is 2.90. The van der Waals surface area contributed by atoms with Gasteiger partial charge in [-0.25, -0.2) is 0 Å². The molecule has 0 aliphatic carbocycles. The van der Waals surface area contributed by atoms with Crippen molar-refractivity contribution in [2.24, 2.45) is 0 Å². The molecule has 0 amide bonds. The van der Waals surface area contributed by atoms with Crippen LogP contribution < -0.4 is 0 Å². The Kier molecular flexibility index (Phi) is 7.71. The highest BCUT2D eigenvalue weighted by Crippen LogP contribution is 2.29. The first kappa shape index (κ1) is 15.2. The van der Waals surface area contributed by atoms with Gasteiger partial charge in [-0.2, -0.15) is 0 Å². The van der Waals surface area contributed by atoms with E-state index in [1.807, 2.05) is 6.20 Å². The lowest BCUT2D eigenvalue weighted by molar-refractivity contribution is 0.513. The Morgan fingerprint density at radius 1 is 1.00 bits per heavy atom. The Morgan fingerprint density at radius 2 is 1.78 bits per heavy atom. The van der Waals surface area contributed by atoms with Crippen molar-refractivity contribution in [2.45, 2.75) is 78.1 Å². The SMILES string of the molecule is CCCCCCCC(CCC)c1cnccc1C. The normalized spacial score (nSPS) is 12.6. The summed E-state index contributed by atoms with van der Waals surface area (Å²) in [6, 6.07) is 2.15. The van der Waals surface area contributed by atoms with Crippen LogP contribution in [-0.2, 0) is 0 Å². The van der Waals surface area contributed by atoms with E-state index in [-0.39, 0.29) is 0 Å². The number of nitrogens with zero attached hydrogens (tertiary/aromatic N) is 1. The molecule has 1 atom stereocenters. The summed E-state index contributed by atoms with van der Waals surface area (Å²) >= 11 is 0. The van der Waals surface area contributed by atoms with Crippen molar-refractivity contribution in [3.8, 4) is 0 Å². The number of pyridine rings is 1. The Morgan fingerprint density at radius 3 is 2.44 bits per heavy atom. The molecule has 1 heterocycles. The smallest absolute Gasteiger partial charge is 0.0305 e. The molecule has 102 valence electrons. The summed E-state index contributed by atoms with van der Waals surface area (Å²) in [6.07, 6.45) is 14.8. The van der Waals surface area contributed by atoms with E-state index in [0.717, 1.165) is 5.92 Å². The monoisotopic (exact) mass is 247 g/mol. The molecule has 0 N–H and O–H groups in total. The van der Waals surface area contributed by atoms with Crippen LogP contribution in [0.2, 0.25) is 0 Å². The van der Waals surface area contributed by atoms with E-state index in [9.17, 15) is 0 Å². The van der Waals surface area contributed by atoms with E-state index in [1.54, 1.807) is 0 Å². The van der Waals surface area contributed by atoms with Crippen molar-refractivity contribution in [3.63, 3.8) is 0 Å². The van der Waals surface area contributed by atoms with Crippen molar-refractivity contribution in [1.82, 2.24) is 4.98 Å². The molecule has 0 bridgehead atoms. The van der Waals surface area contributed by atoms with Crippen molar-refractivity contribution >= 4 is 0 Å². The maximum absolute atomic E-state index is 4.31. The van der Waals surface area contributed by atoms with Crippen molar-refractivity contribution in [1.29, 1.82) is 0 Å². The average Bonchev–Trinajstić information content (AvgIpc) is 2.38. The van der Waals surface area contributed by atoms with Crippen LogP contribution in [0.5, 0.6) is 0 Å². The Labute approximate surface area is 113 Å². The summed E-state index contributed by atoms with van der Waals surface area (Å²) in [7, 11) is 0. The fraction of sp³-hybridized carbons (Fsp3) is 0.706. The van der Waals surface area contributed by atoms with Crippen LogP contribution in [0, 0.1) is 6.92 Å². The molecule has 1 nitrogen and oxygen atoms in total. The zero-order valence-electron chi connectivity index (χ0n) is 12.4. The molecular weight excluding hydrogens is 218 g/mol. The first-order chi connectivity index (χ1) is 8.79. The second-order valence-electron chi connectivity index (χ2n) is 5.42. The van der Waals surface area contributed by atoms with Gasteiger partial charge in [0.15, 0.2) is 0 Å². The molecule has 1 aromatic heterocycles. The van der Waals surface area contributed by atoms with E-state index < -0.39 is 0 Å². The van der Waals surface area contributed by atoms with E-state index in [4.69, 9.17) is 0 Å². The average molecular weight is 247 g/mol. The number of hydrogen-bond acceptors (Lipinski definition) is 1. The molecule has 0 spiro atoms. The predicted octanol–water partition coefficient (Wildman–Crippen LogP) is 5.63. The lowest BCUT2D eigenvalue weighted by Crippen LogP contribution is -2.02. The number of hydrogen-bond donors (Lipinski definition) is 0. The largest absolute Gasteiger partial charge is 0.264 e. The third-order valence-electron chi connectivity index (χ3n) is 3.81. The molecule has 1 aromatic rings. The molecule has 18 heavy (non-hydrogen) atoms. The van der Waals surface area contributed by atoms with Gasteiger partial charge in [-0.15, -0.1) is 0 Å². The zero-order chi connectivity index (χ0) is 13.2. The molecule has 0 fully saturated rings. The van der Waals surface area contributed by atoms with Crippen LogP contribution >= 0.6 is 0 Å². The number of rotatable bonds is 9. The van der Waals surface area contributed by atoms with Gasteiger partial charge < -0.3 is 0 Å². The highest BCUT2D eigenvalue weighted by atomic mass is 14.6. The van der Waals surface area contributed by atoms with Gasteiger partial charge in [0, 0.05) is 12.4 Å². The number of aromatic nitrogens is 1. The maximum Gasteiger partial charge on any atom is 0.0305 e. The van der Waals surface area contributed by atoms with Gasteiger partial charge in [-0.1, -0.05) is 52.4 Å². The minimum Gasteiger partial charge on any atom is -0.264 e. The fourth-order valence-corrected chi connectivity index (χ4v) is 2.70. The first-order valence-corrected chi connectivity index (χ1v) is 7.70. The van der Waals surface area contributed by atoms with Gasteiger partial charge in [0.1, 0.15) is 0 Å². The molecule has 0 aromatic carbocycles. The molecule has 0 radical (unpaired) electrons. The van der Waals surface area contributed by atoms with E-state index in [1.165, 1.54) is 62.5 Å². The highest BCUT2D eigenvalue weighted by molar-refractivity contribution is 5.25. The van der Waals surface area contributed by atoms with Crippen LogP contribution in [-0.4, -0.2) is 4.98 Å². The number of aryl methyl sites for hydroxylation is 1. The Bertz CT molecular complexity index is 319. The Hall–Kier alpha value is -0.850. The summed E-state index contributed by atoms with van der Waals surface area (Å²) in [5, 5.41) is 0. The lowest BCUT2D eigenvalue weighted by Gasteiger charge is -2.18. The van der Waals surface area contributed by atoms with Gasteiger partial charge in [-0.05, 0) is 42.9 Å². The second kappa shape index (κ2) is 9.13.